The highest BCUT2D eigenvalue weighted by molar-refractivity contribution is 6.20. The number of aliphatic imine (C=N–C) groups is 2. The zero-order valence-electron chi connectivity index (χ0n) is 31.7. The van der Waals surface area contributed by atoms with Crippen LogP contribution in [0.15, 0.2) is 107 Å². The standard InChI is InChI=1S/2C15H16N2.3C4H4O4/c2*1-2-3-5-11-9-8-10-6-4-7-12-13(10)14(11)15(16)17-12;3*5-3(6)1-2-4(7)8/h2*4,6-9H,2-3,5H2,1H3,(H2,16,17);3*1-2H,(H,5,6)(H,7,8)/b;;3*2-1+. The molecule has 4 aromatic rings. The number of carbonyl (C=O) groups is 6. The van der Waals surface area contributed by atoms with E-state index in [0.29, 0.717) is 48.1 Å². The Hall–Kier alpha value is -7.62. The maximum absolute atomic E-state index is 9.55. The van der Waals surface area contributed by atoms with Crippen molar-refractivity contribution in [2.75, 3.05) is 0 Å². The smallest absolute Gasteiger partial charge is 0.328 e. The van der Waals surface area contributed by atoms with Crippen LogP contribution in [-0.4, -0.2) is 78.1 Å². The lowest BCUT2D eigenvalue weighted by atomic mass is 9.96. The first-order chi connectivity index (χ1) is 27.5. The summed E-state index contributed by atoms with van der Waals surface area (Å²) in [5, 5.41) is 51.8. The van der Waals surface area contributed by atoms with Gasteiger partial charge in [-0.2, -0.15) is 0 Å². The van der Waals surface area contributed by atoms with Crippen molar-refractivity contribution in [1.29, 1.82) is 0 Å². The van der Waals surface area contributed by atoms with Crippen molar-refractivity contribution in [3.05, 3.63) is 119 Å². The van der Waals surface area contributed by atoms with Crippen molar-refractivity contribution in [3.63, 3.8) is 0 Å². The van der Waals surface area contributed by atoms with E-state index in [4.69, 9.17) is 42.1 Å². The molecule has 4 aromatic carbocycles. The molecule has 2 aliphatic heterocycles. The Bertz CT molecular complexity index is 2080. The molecule has 0 saturated carbocycles. The average Bonchev–Trinajstić information content (AvgIpc) is 3.70. The number of carboxylic acids is 6. The summed E-state index contributed by atoms with van der Waals surface area (Å²) in [6, 6.07) is 21.2. The normalized spacial score (nSPS) is 11.6. The third kappa shape index (κ3) is 14.9. The molecular formula is C42H44N4O12. The van der Waals surface area contributed by atoms with Crippen LogP contribution in [0.3, 0.4) is 0 Å². The predicted molar refractivity (Wildman–Crippen MR) is 219 cm³/mol. The van der Waals surface area contributed by atoms with E-state index in [9.17, 15) is 28.8 Å². The van der Waals surface area contributed by atoms with Crippen LogP contribution in [0.25, 0.3) is 21.5 Å². The number of unbranched alkanes of at least 4 members (excludes halogenated alkanes) is 2. The van der Waals surface area contributed by atoms with Gasteiger partial charge in [-0.1, -0.05) is 75.2 Å². The van der Waals surface area contributed by atoms with Crippen LogP contribution in [0.2, 0.25) is 0 Å². The van der Waals surface area contributed by atoms with Gasteiger partial charge in [0.15, 0.2) is 0 Å². The first kappa shape index (κ1) is 46.5. The number of nitrogens with zero attached hydrogens (tertiary/aromatic N) is 2. The van der Waals surface area contributed by atoms with E-state index in [-0.39, 0.29) is 0 Å². The number of aliphatic carboxylic acids is 6. The molecule has 0 saturated heterocycles. The number of aryl methyl sites for hydroxylation is 2. The lowest BCUT2D eigenvalue weighted by molar-refractivity contribution is -0.134. The SMILES string of the molecule is CCCCc1ccc2cccc3c2c1C(N)=N3.CCCCc1ccc2cccc3c2c1C(N)=N3.O=C(O)/C=C/C(=O)O.O=C(O)/C=C/C(=O)O.O=C(O)/C=C/C(=O)O. The number of carboxylic acid groups (broad SMARTS) is 6. The summed E-state index contributed by atoms with van der Waals surface area (Å²) < 4.78 is 0. The van der Waals surface area contributed by atoms with Gasteiger partial charge in [-0.25, -0.2) is 38.8 Å². The number of nitrogens with two attached hydrogens (primary N) is 2. The second-order valence-electron chi connectivity index (χ2n) is 12.2. The summed E-state index contributed by atoms with van der Waals surface area (Å²) in [4.78, 5) is 66.2. The molecule has 6 rings (SSSR count). The fourth-order valence-electron chi connectivity index (χ4n) is 5.53. The monoisotopic (exact) mass is 796 g/mol. The minimum atomic E-state index is -1.26. The van der Waals surface area contributed by atoms with E-state index in [0.717, 1.165) is 24.2 Å². The third-order valence-corrected chi connectivity index (χ3v) is 7.92. The van der Waals surface area contributed by atoms with E-state index in [1.54, 1.807) is 0 Å². The van der Waals surface area contributed by atoms with E-state index in [1.807, 2.05) is 24.3 Å². The molecule has 0 fully saturated rings. The Balaban J connectivity index is 0.000000265. The number of amidine groups is 2. The Morgan fingerprint density at radius 2 is 0.776 bits per heavy atom. The molecular weight excluding hydrogens is 752 g/mol. The lowest BCUT2D eigenvalue weighted by Gasteiger charge is -2.08. The summed E-state index contributed by atoms with van der Waals surface area (Å²) >= 11 is 0. The molecule has 16 heteroatoms. The Morgan fingerprint density at radius 1 is 0.483 bits per heavy atom. The van der Waals surface area contributed by atoms with Crippen molar-refractivity contribution >= 4 is 80.4 Å². The summed E-state index contributed by atoms with van der Waals surface area (Å²) in [7, 11) is 0. The Labute approximate surface area is 332 Å². The van der Waals surface area contributed by atoms with Gasteiger partial charge in [0.2, 0.25) is 0 Å². The van der Waals surface area contributed by atoms with E-state index < -0.39 is 35.8 Å². The fourth-order valence-corrected chi connectivity index (χ4v) is 5.53. The molecule has 304 valence electrons. The largest absolute Gasteiger partial charge is 0.478 e. The van der Waals surface area contributed by atoms with Gasteiger partial charge >= 0.3 is 35.8 Å². The van der Waals surface area contributed by atoms with Crippen LogP contribution in [0.4, 0.5) is 11.4 Å². The molecule has 2 heterocycles. The van der Waals surface area contributed by atoms with Gasteiger partial charge in [0.25, 0.3) is 0 Å². The third-order valence-electron chi connectivity index (χ3n) is 7.92. The van der Waals surface area contributed by atoms with Crippen molar-refractivity contribution < 1.29 is 59.4 Å². The van der Waals surface area contributed by atoms with Crippen LogP contribution in [0.1, 0.15) is 61.8 Å². The van der Waals surface area contributed by atoms with Crippen molar-refractivity contribution in [3.8, 4) is 0 Å². The highest BCUT2D eigenvalue weighted by atomic mass is 16.4. The quantitative estimate of drug-likeness (QED) is 0.0741. The van der Waals surface area contributed by atoms with Gasteiger partial charge in [-0.15, -0.1) is 0 Å². The van der Waals surface area contributed by atoms with E-state index in [1.165, 1.54) is 69.5 Å². The van der Waals surface area contributed by atoms with Crippen LogP contribution in [-0.2, 0) is 41.6 Å². The molecule has 0 amide bonds. The maximum atomic E-state index is 9.55. The topological polar surface area (TPSA) is 301 Å². The fraction of sp³-hybridized carbons (Fsp3) is 0.190. The Morgan fingerprint density at radius 3 is 1.03 bits per heavy atom. The minimum Gasteiger partial charge on any atom is -0.478 e. The van der Waals surface area contributed by atoms with Crippen molar-refractivity contribution in [2.45, 2.75) is 52.4 Å². The predicted octanol–water partition coefficient (Wildman–Crippen LogP) is 6.20. The van der Waals surface area contributed by atoms with E-state index in [2.05, 4.69) is 60.2 Å². The molecule has 0 aromatic heterocycles. The summed E-state index contributed by atoms with van der Waals surface area (Å²) in [6.07, 6.45) is 10.3. The number of benzene rings is 4. The first-order valence-electron chi connectivity index (χ1n) is 17.7. The zero-order valence-corrected chi connectivity index (χ0v) is 31.7. The second kappa shape index (κ2) is 23.3. The van der Waals surface area contributed by atoms with Crippen molar-refractivity contribution in [2.24, 2.45) is 21.5 Å². The van der Waals surface area contributed by atoms with Gasteiger partial charge in [-0.3, -0.25) is 0 Å². The van der Waals surface area contributed by atoms with Crippen LogP contribution in [0.5, 0.6) is 0 Å². The van der Waals surface area contributed by atoms with Crippen LogP contribution < -0.4 is 11.5 Å². The summed E-state index contributed by atoms with van der Waals surface area (Å²) in [6.45, 7) is 4.42. The zero-order chi connectivity index (χ0) is 43.4. The van der Waals surface area contributed by atoms with Gasteiger partial charge in [-0.05, 0) is 59.7 Å². The molecule has 16 nitrogen and oxygen atoms in total. The van der Waals surface area contributed by atoms with Gasteiger partial charge < -0.3 is 42.1 Å². The van der Waals surface area contributed by atoms with Crippen LogP contribution in [0, 0.1) is 0 Å². The minimum absolute atomic E-state index is 0.558. The van der Waals surface area contributed by atoms with E-state index >= 15 is 0 Å². The number of hydrogen-bond acceptors (Lipinski definition) is 10. The molecule has 2 aliphatic rings. The molecule has 0 bridgehead atoms. The average molecular weight is 797 g/mol. The van der Waals surface area contributed by atoms with Gasteiger partial charge in [0.05, 0.1) is 11.4 Å². The molecule has 0 atom stereocenters. The molecule has 0 spiro atoms. The molecule has 10 N–H and O–H groups in total. The Kier molecular flexibility index (Phi) is 18.7. The van der Waals surface area contributed by atoms with Gasteiger partial charge in [0, 0.05) is 58.4 Å². The number of hydrogen-bond donors (Lipinski definition) is 8. The molecule has 58 heavy (non-hydrogen) atoms. The summed E-state index contributed by atoms with van der Waals surface area (Å²) in [5.41, 5.74) is 19.2. The highest BCUT2D eigenvalue weighted by Crippen LogP contribution is 2.37. The first-order valence-corrected chi connectivity index (χ1v) is 17.7. The number of rotatable bonds is 12. The van der Waals surface area contributed by atoms with Crippen molar-refractivity contribution in [1.82, 2.24) is 0 Å². The molecule has 0 aliphatic carbocycles. The maximum Gasteiger partial charge on any atom is 0.328 e. The highest BCUT2D eigenvalue weighted by Gasteiger charge is 2.20. The lowest BCUT2D eigenvalue weighted by Crippen LogP contribution is -2.13. The molecule has 0 radical (unpaired) electrons. The van der Waals surface area contributed by atoms with Gasteiger partial charge in [0.1, 0.15) is 11.7 Å². The second-order valence-corrected chi connectivity index (χ2v) is 12.2. The van der Waals surface area contributed by atoms with Crippen LogP contribution >= 0.6 is 0 Å². The molecule has 0 unspecified atom stereocenters. The summed E-state index contributed by atoms with van der Waals surface area (Å²) in [5.74, 6) is -6.18.